The van der Waals surface area contributed by atoms with E-state index in [1.807, 2.05) is 6.92 Å². The lowest BCUT2D eigenvalue weighted by atomic mass is 10.3. The minimum absolute atomic E-state index is 0.0383. The molecule has 0 aliphatic heterocycles. The van der Waals surface area contributed by atoms with E-state index in [9.17, 15) is 0 Å². The largest absolute Gasteiger partial charge is 0.497 e. The quantitative estimate of drug-likeness (QED) is 0.875. The van der Waals surface area contributed by atoms with E-state index in [1.54, 1.807) is 31.4 Å². The number of hydrogen-bond donors (Lipinski definition) is 1. The van der Waals surface area contributed by atoms with Gasteiger partial charge in [0, 0.05) is 6.07 Å². The topological polar surface area (TPSA) is 92.4 Å². The summed E-state index contributed by atoms with van der Waals surface area (Å²) in [6.45, 7) is 2.25. The summed E-state index contributed by atoms with van der Waals surface area (Å²) in [5, 5.41) is 0. The standard InChI is InChI=1S/C12H14N4O3/c1-3-18-11-14-10(13)15-12(16-11)19-9-6-4-5-8(7-9)17-2/h4-7H,3H2,1-2H3,(H2,13,14,15,16). The van der Waals surface area contributed by atoms with Crippen molar-refractivity contribution >= 4 is 5.95 Å². The molecule has 0 fully saturated rings. The van der Waals surface area contributed by atoms with Crippen LogP contribution < -0.4 is 19.9 Å². The lowest BCUT2D eigenvalue weighted by molar-refractivity contribution is 0.304. The Hall–Kier alpha value is -2.57. The van der Waals surface area contributed by atoms with E-state index in [4.69, 9.17) is 19.9 Å². The van der Waals surface area contributed by atoms with Crippen LogP contribution >= 0.6 is 0 Å². The van der Waals surface area contributed by atoms with Crippen LogP contribution in [-0.4, -0.2) is 28.7 Å². The third-order valence-electron chi connectivity index (χ3n) is 2.14. The highest BCUT2D eigenvalue weighted by Crippen LogP contribution is 2.23. The van der Waals surface area contributed by atoms with Gasteiger partial charge in [-0.1, -0.05) is 6.07 Å². The molecular weight excluding hydrogens is 248 g/mol. The average Bonchev–Trinajstić information content (AvgIpc) is 2.38. The first-order chi connectivity index (χ1) is 9.21. The molecule has 2 rings (SSSR count). The van der Waals surface area contributed by atoms with Crippen molar-refractivity contribution in [3.63, 3.8) is 0 Å². The molecule has 0 aliphatic rings. The van der Waals surface area contributed by atoms with Gasteiger partial charge in [-0.2, -0.15) is 9.97 Å². The fourth-order valence-corrected chi connectivity index (χ4v) is 1.36. The van der Waals surface area contributed by atoms with Gasteiger partial charge in [0.1, 0.15) is 11.5 Å². The van der Waals surface area contributed by atoms with Gasteiger partial charge in [0.25, 0.3) is 0 Å². The SMILES string of the molecule is CCOc1nc(N)nc(Oc2cccc(OC)c2)n1. The summed E-state index contributed by atoms with van der Waals surface area (Å²) >= 11 is 0. The van der Waals surface area contributed by atoms with Crippen LogP contribution in [0.4, 0.5) is 5.95 Å². The zero-order valence-electron chi connectivity index (χ0n) is 10.7. The van der Waals surface area contributed by atoms with Crippen LogP contribution in [-0.2, 0) is 0 Å². The van der Waals surface area contributed by atoms with Crippen LogP contribution in [0.25, 0.3) is 0 Å². The Labute approximate surface area is 110 Å². The normalized spacial score (nSPS) is 10.0. The Morgan fingerprint density at radius 3 is 2.58 bits per heavy atom. The molecule has 1 aromatic carbocycles. The molecule has 2 N–H and O–H groups in total. The molecule has 1 heterocycles. The van der Waals surface area contributed by atoms with Gasteiger partial charge in [0.2, 0.25) is 5.95 Å². The van der Waals surface area contributed by atoms with Gasteiger partial charge in [0.05, 0.1) is 13.7 Å². The van der Waals surface area contributed by atoms with Gasteiger partial charge in [-0.25, -0.2) is 0 Å². The van der Waals surface area contributed by atoms with E-state index >= 15 is 0 Å². The molecular formula is C12H14N4O3. The molecule has 0 unspecified atom stereocenters. The van der Waals surface area contributed by atoms with Crippen molar-refractivity contribution < 1.29 is 14.2 Å². The van der Waals surface area contributed by atoms with Crippen LogP contribution in [0, 0.1) is 0 Å². The van der Waals surface area contributed by atoms with Crippen molar-refractivity contribution in [2.24, 2.45) is 0 Å². The highest BCUT2D eigenvalue weighted by Gasteiger charge is 2.07. The minimum atomic E-state index is 0.0383. The molecule has 0 saturated heterocycles. The van der Waals surface area contributed by atoms with Gasteiger partial charge in [0.15, 0.2) is 0 Å². The monoisotopic (exact) mass is 262 g/mol. The average molecular weight is 262 g/mol. The van der Waals surface area contributed by atoms with Crippen LogP contribution in [0.5, 0.6) is 23.5 Å². The van der Waals surface area contributed by atoms with Gasteiger partial charge in [-0.3, -0.25) is 0 Å². The molecule has 19 heavy (non-hydrogen) atoms. The van der Waals surface area contributed by atoms with E-state index in [1.165, 1.54) is 0 Å². The Bertz CT molecular complexity index is 562. The molecule has 7 nitrogen and oxygen atoms in total. The van der Waals surface area contributed by atoms with Crippen LogP contribution in [0.1, 0.15) is 6.92 Å². The van der Waals surface area contributed by atoms with Crippen molar-refractivity contribution in [1.82, 2.24) is 15.0 Å². The molecule has 0 saturated carbocycles. The number of aromatic nitrogens is 3. The fraction of sp³-hybridized carbons (Fsp3) is 0.250. The summed E-state index contributed by atoms with van der Waals surface area (Å²) in [5.74, 6) is 1.24. The third kappa shape index (κ3) is 3.44. The zero-order valence-corrected chi connectivity index (χ0v) is 10.7. The number of nitrogens with two attached hydrogens (primary N) is 1. The first kappa shape index (κ1) is 12.9. The Morgan fingerprint density at radius 2 is 1.84 bits per heavy atom. The second-order valence-corrected chi connectivity index (χ2v) is 3.47. The minimum Gasteiger partial charge on any atom is -0.497 e. The Balaban J connectivity index is 2.22. The van der Waals surface area contributed by atoms with E-state index in [2.05, 4.69) is 15.0 Å². The van der Waals surface area contributed by atoms with Crippen LogP contribution in [0.15, 0.2) is 24.3 Å². The molecule has 2 aromatic rings. The molecule has 0 amide bonds. The summed E-state index contributed by atoms with van der Waals surface area (Å²) in [6.07, 6.45) is 0. The molecule has 7 heteroatoms. The van der Waals surface area contributed by atoms with Gasteiger partial charge in [-0.15, -0.1) is 4.98 Å². The predicted octanol–water partition coefficient (Wildman–Crippen LogP) is 1.65. The van der Waals surface area contributed by atoms with Crippen LogP contribution in [0.2, 0.25) is 0 Å². The molecule has 0 bridgehead atoms. The molecule has 0 aliphatic carbocycles. The highest BCUT2D eigenvalue weighted by atomic mass is 16.5. The molecule has 0 atom stereocenters. The summed E-state index contributed by atoms with van der Waals surface area (Å²) in [6, 6.07) is 7.27. The second-order valence-electron chi connectivity index (χ2n) is 3.47. The number of rotatable bonds is 5. The maximum Gasteiger partial charge on any atom is 0.330 e. The summed E-state index contributed by atoms with van der Waals surface area (Å²) in [4.78, 5) is 11.7. The first-order valence-electron chi connectivity index (χ1n) is 5.67. The number of nitrogens with zero attached hydrogens (tertiary/aromatic N) is 3. The number of methoxy groups -OCH3 is 1. The number of anilines is 1. The first-order valence-corrected chi connectivity index (χ1v) is 5.67. The van der Waals surface area contributed by atoms with Crippen molar-refractivity contribution in [2.75, 3.05) is 19.5 Å². The summed E-state index contributed by atoms with van der Waals surface area (Å²) in [7, 11) is 1.58. The van der Waals surface area contributed by atoms with Crippen molar-refractivity contribution in [3.8, 4) is 23.5 Å². The fourth-order valence-electron chi connectivity index (χ4n) is 1.36. The van der Waals surface area contributed by atoms with E-state index in [-0.39, 0.29) is 18.0 Å². The Morgan fingerprint density at radius 1 is 1.11 bits per heavy atom. The van der Waals surface area contributed by atoms with Crippen molar-refractivity contribution in [1.29, 1.82) is 0 Å². The molecule has 1 aromatic heterocycles. The predicted molar refractivity (Wildman–Crippen MR) is 68.5 cm³/mol. The molecule has 0 spiro atoms. The van der Waals surface area contributed by atoms with Gasteiger partial charge < -0.3 is 19.9 Å². The van der Waals surface area contributed by atoms with E-state index in [0.717, 1.165) is 0 Å². The number of nitrogen functional groups attached to an aromatic ring is 1. The second kappa shape index (κ2) is 5.85. The lowest BCUT2D eigenvalue weighted by Crippen LogP contribution is -2.04. The van der Waals surface area contributed by atoms with Gasteiger partial charge >= 0.3 is 12.0 Å². The smallest absolute Gasteiger partial charge is 0.330 e. The van der Waals surface area contributed by atoms with Crippen LogP contribution in [0.3, 0.4) is 0 Å². The van der Waals surface area contributed by atoms with Crippen molar-refractivity contribution in [2.45, 2.75) is 6.92 Å². The highest BCUT2D eigenvalue weighted by molar-refractivity contribution is 5.34. The zero-order chi connectivity index (χ0) is 13.7. The maximum atomic E-state index is 5.55. The number of ether oxygens (including phenoxy) is 3. The third-order valence-corrected chi connectivity index (χ3v) is 2.14. The number of hydrogen-bond acceptors (Lipinski definition) is 7. The summed E-state index contributed by atoms with van der Waals surface area (Å²) < 4.78 is 15.7. The number of benzene rings is 1. The maximum absolute atomic E-state index is 5.55. The lowest BCUT2D eigenvalue weighted by Gasteiger charge is -2.07. The summed E-state index contributed by atoms with van der Waals surface area (Å²) in [5.41, 5.74) is 5.55. The van der Waals surface area contributed by atoms with Crippen molar-refractivity contribution in [3.05, 3.63) is 24.3 Å². The molecule has 0 radical (unpaired) electrons. The Kier molecular flexibility index (Phi) is 3.97. The van der Waals surface area contributed by atoms with Gasteiger partial charge in [-0.05, 0) is 19.1 Å². The van der Waals surface area contributed by atoms with E-state index in [0.29, 0.717) is 18.1 Å². The molecule has 100 valence electrons. The van der Waals surface area contributed by atoms with E-state index < -0.39 is 0 Å².